The first-order chi connectivity index (χ1) is 13.2. The zero-order valence-electron chi connectivity index (χ0n) is 20.4. The Kier molecular flexibility index (Phi) is 8.90. The van der Waals surface area contributed by atoms with Gasteiger partial charge < -0.3 is 0 Å². The molecule has 0 aromatic heterocycles. The molecular formula is C28H50. The summed E-state index contributed by atoms with van der Waals surface area (Å²) in [7, 11) is 0. The average molecular weight is 387 g/mol. The molecule has 0 aliphatic heterocycles. The predicted molar refractivity (Wildman–Crippen MR) is 126 cm³/mol. The molecule has 0 amide bonds. The summed E-state index contributed by atoms with van der Waals surface area (Å²) >= 11 is 0. The van der Waals surface area contributed by atoms with Crippen LogP contribution in [0.3, 0.4) is 0 Å². The summed E-state index contributed by atoms with van der Waals surface area (Å²) in [5.74, 6) is 5.55. The maximum Gasteiger partial charge on any atom is -0.00855 e. The van der Waals surface area contributed by atoms with Gasteiger partial charge in [0.25, 0.3) is 0 Å². The molecule has 0 bridgehead atoms. The van der Waals surface area contributed by atoms with Gasteiger partial charge in [0, 0.05) is 0 Å². The van der Waals surface area contributed by atoms with Crippen molar-refractivity contribution < 1.29 is 0 Å². The van der Waals surface area contributed by atoms with Crippen molar-refractivity contribution in [3.63, 3.8) is 0 Å². The molecule has 0 saturated heterocycles. The van der Waals surface area contributed by atoms with Crippen LogP contribution in [0.1, 0.15) is 107 Å². The zero-order chi connectivity index (χ0) is 20.9. The van der Waals surface area contributed by atoms with E-state index in [0.29, 0.717) is 17.3 Å². The second-order valence-corrected chi connectivity index (χ2v) is 11.1. The van der Waals surface area contributed by atoms with Gasteiger partial charge in [-0.3, -0.25) is 0 Å². The molecule has 2 aliphatic carbocycles. The van der Waals surface area contributed by atoms with Crippen LogP contribution in [0.5, 0.6) is 0 Å². The summed E-state index contributed by atoms with van der Waals surface area (Å²) in [4.78, 5) is 0. The Morgan fingerprint density at radius 3 is 2.39 bits per heavy atom. The second-order valence-electron chi connectivity index (χ2n) is 11.1. The fourth-order valence-electron chi connectivity index (χ4n) is 6.40. The predicted octanol–water partition coefficient (Wildman–Crippen LogP) is 9.08. The molecule has 2 rings (SSSR count). The van der Waals surface area contributed by atoms with Crippen molar-refractivity contribution in [3.8, 4) is 0 Å². The lowest BCUT2D eigenvalue weighted by molar-refractivity contribution is 0.0958. The Labute approximate surface area is 177 Å². The highest BCUT2D eigenvalue weighted by Gasteiger charge is 2.43. The average Bonchev–Trinajstić information content (AvgIpc) is 2.65. The van der Waals surface area contributed by atoms with Crippen molar-refractivity contribution in [1.29, 1.82) is 0 Å². The first-order valence-corrected chi connectivity index (χ1v) is 12.6. The highest BCUT2D eigenvalue weighted by molar-refractivity contribution is 5.21. The second kappa shape index (κ2) is 10.5. The van der Waals surface area contributed by atoms with Gasteiger partial charge in [-0.05, 0) is 78.9 Å². The Bertz CT molecular complexity index is 524. The SMILES string of the molecule is CCC(C(C)/C=C/C(C)C(C)C)C(C)CCC1C(C)CC=C2CCCCC21C. The molecule has 7 atom stereocenters. The van der Waals surface area contributed by atoms with Crippen molar-refractivity contribution in [2.45, 2.75) is 107 Å². The van der Waals surface area contributed by atoms with E-state index in [1.807, 2.05) is 5.57 Å². The van der Waals surface area contributed by atoms with Crippen LogP contribution in [0, 0.1) is 46.8 Å². The quantitative estimate of drug-likeness (QED) is 0.347. The van der Waals surface area contributed by atoms with Gasteiger partial charge in [0.05, 0.1) is 0 Å². The summed E-state index contributed by atoms with van der Waals surface area (Å²) < 4.78 is 0. The molecule has 1 fully saturated rings. The van der Waals surface area contributed by atoms with Gasteiger partial charge in [-0.1, -0.05) is 98.5 Å². The third-order valence-electron chi connectivity index (χ3n) is 8.95. The topological polar surface area (TPSA) is 0 Å². The van der Waals surface area contributed by atoms with Gasteiger partial charge in [0.15, 0.2) is 0 Å². The van der Waals surface area contributed by atoms with Crippen LogP contribution in [0.25, 0.3) is 0 Å². The molecule has 0 heteroatoms. The van der Waals surface area contributed by atoms with Gasteiger partial charge >= 0.3 is 0 Å². The molecule has 0 spiro atoms. The lowest BCUT2D eigenvalue weighted by Crippen LogP contribution is -2.39. The molecule has 1 saturated carbocycles. The molecule has 28 heavy (non-hydrogen) atoms. The molecule has 0 N–H and O–H groups in total. The van der Waals surface area contributed by atoms with E-state index in [2.05, 4.69) is 73.6 Å². The monoisotopic (exact) mass is 386 g/mol. The van der Waals surface area contributed by atoms with Crippen LogP contribution in [0.4, 0.5) is 0 Å². The third-order valence-corrected chi connectivity index (χ3v) is 8.95. The molecule has 2 aliphatic rings. The van der Waals surface area contributed by atoms with Crippen molar-refractivity contribution in [2.24, 2.45) is 46.8 Å². The molecule has 0 radical (unpaired) electrons. The van der Waals surface area contributed by atoms with E-state index in [4.69, 9.17) is 0 Å². The number of hydrogen-bond donors (Lipinski definition) is 0. The van der Waals surface area contributed by atoms with Crippen LogP contribution in [0.15, 0.2) is 23.8 Å². The van der Waals surface area contributed by atoms with E-state index in [9.17, 15) is 0 Å². The molecule has 0 heterocycles. The Morgan fingerprint density at radius 1 is 1.07 bits per heavy atom. The highest BCUT2D eigenvalue weighted by atomic mass is 14.5. The fourth-order valence-corrected chi connectivity index (χ4v) is 6.40. The van der Waals surface area contributed by atoms with Crippen molar-refractivity contribution in [1.82, 2.24) is 0 Å². The smallest absolute Gasteiger partial charge is 0.00855 e. The minimum Gasteiger partial charge on any atom is -0.0852 e. The molecular weight excluding hydrogens is 336 g/mol. The lowest BCUT2D eigenvalue weighted by Gasteiger charge is -2.49. The van der Waals surface area contributed by atoms with Crippen LogP contribution >= 0.6 is 0 Å². The maximum atomic E-state index is 2.63. The summed E-state index contributed by atoms with van der Waals surface area (Å²) in [5, 5.41) is 0. The van der Waals surface area contributed by atoms with E-state index >= 15 is 0 Å². The fraction of sp³-hybridized carbons (Fsp3) is 0.857. The summed E-state index contributed by atoms with van der Waals surface area (Å²) in [6.45, 7) is 19.6. The molecule has 0 aromatic rings. The first-order valence-electron chi connectivity index (χ1n) is 12.6. The third kappa shape index (κ3) is 5.54. The van der Waals surface area contributed by atoms with E-state index in [1.165, 1.54) is 51.4 Å². The Morgan fingerprint density at radius 2 is 1.75 bits per heavy atom. The van der Waals surface area contributed by atoms with Gasteiger partial charge in [-0.15, -0.1) is 0 Å². The minimum absolute atomic E-state index is 0.509. The lowest BCUT2D eigenvalue weighted by atomic mass is 9.56. The van der Waals surface area contributed by atoms with Gasteiger partial charge in [0.1, 0.15) is 0 Å². The summed E-state index contributed by atoms with van der Waals surface area (Å²) in [6, 6.07) is 0. The summed E-state index contributed by atoms with van der Waals surface area (Å²) in [5.41, 5.74) is 2.33. The van der Waals surface area contributed by atoms with Gasteiger partial charge in [0.2, 0.25) is 0 Å². The molecule has 7 unspecified atom stereocenters. The highest BCUT2D eigenvalue weighted by Crippen LogP contribution is 2.54. The van der Waals surface area contributed by atoms with E-state index in [1.54, 1.807) is 0 Å². The van der Waals surface area contributed by atoms with Gasteiger partial charge in [-0.2, -0.15) is 0 Å². The molecule has 162 valence electrons. The number of hydrogen-bond acceptors (Lipinski definition) is 0. The molecule has 0 aromatic carbocycles. The Balaban J connectivity index is 1.98. The number of fused-ring (bicyclic) bond motifs is 1. The van der Waals surface area contributed by atoms with Crippen LogP contribution in [-0.4, -0.2) is 0 Å². The maximum absolute atomic E-state index is 2.63. The summed E-state index contributed by atoms with van der Waals surface area (Å²) in [6.07, 6.45) is 18.8. The standard InChI is InChI=1S/C28H50/c1-9-26(22(5)14-13-21(4)20(2)3)23(6)16-18-27-24(7)15-17-25-12-10-11-19-28(25,27)8/h13-14,17,20-24,26-27H,9-12,15-16,18-19H2,1-8H3/b14-13+. The first kappa shape index (κ1) is 23.8. The zero-order valence-corrected chi connectivity index (χ0v) is 20.4. The number of allylic oxidation sites excluding steroid dienone is 4. The van der Waals surface area contributed by atoms with E-state index < -0.39 is 0 Å². The van der Waals surface area contributed by atoms with Crippen LogP contribution in [0.2, 0.25) is 0 Å². The molecule has 0 nitrogen and oxygen atoms in total. The van der Waals surface area contributed by atoms with Crippen molar-refractivity contribution in [2.75, 3.05) is 0 Å². The van der Waals surface area contributed by atoms with E-state index in [0.717, 1.165) is 29.6 Å². The largest absolute Gasteiger partial charge is 0.0852 e. The van der Waals surface area contributed by atoms with Crippen LogP contribution in [-0.2, 0) is 0 Å². The van der Waals surface area contributed by atoms with Gasteiger partial charge in [-0.25, -0.2) is 0 Å². The normalized spacial score (nSPS) is 32.7. The Hall–Kier alpha value is -0.520. The van der Waals surface area contributed by atoms with Crippen molar-refractivity contribution in [3.05, 3.63) is 23.8 Å². The van der Waals surface area contributed by atoms with Crippen molar-refractivity contribution >= 4 is 0 Å². The minimum atomic E-state index is 0.509. The van der Waals surface area contributed by atoms with Crippen LogP contribution < -0.4 is 0 Å². The number of rotatable bonds is 9. The van der Waals surface area contributed by atoms with E-state index in [-0.39, 0.29) is 0 Å².